The largest absolute Gasteiger partial charge is 0.369 e. The Bertz CT molecular complexity index is 410. The van der Waals surface area contributed by atoms with Gasteiger partial charge in [0.2, 0.25) is 0 Å². The first-order valence-corrected chi connectivity index (χ1v) is 8.62. The van der Waals surface area contributed by atoms with Crippen LogP contribution in [-0.4, -0.2) is 19.2 Å². The lowest BCUT2D eigenvalue weighted by Gasteiger charge is -2.33. The van der Waals surface area contributed by atoms with Crippen molar-refractivity contribution in [2.45, 2.75) is 51.7 Å². The summed E-state index contributed by atoms with van der Waals surface area (Å²) < 4.78 is 7.62. The predicted molar refractivity (Wildman–Crippen MR) is 87.9 cm³/mol. The average Bonchev–Trinajstić information content (AvgIpc) is 2.46. The summed E-state index contributed by atoms with van der Waals surface area (Å²) >= 11 is 3.66. The van der Waals surface area contributed by atoms with Crippen LogP contribution in [0.15, 0.2) is 28.7 Å². The van der Waals surface area contributed by atoms with Crippen molar-refractivity contribution in [3.63, 3.8) is 0 Å². The molecule has 1 saturated carbocycles. The van der Waals surface area contributed by atoms with E-state index >= 15 is 0 Å². The molecule has 0 aromatic heterocycles. The van der Waals surface area contributed by atoms with E-state index in [9.17, 15) is 0 Å². The number of halogens is 1. The van der Waals surface area contributed by atoms with Gasteiger partial charge in [-0.2, -0.15) is 0 Å². The third-order valence-electron chi connectivity index (χ3n) is 4.20. The lowest BCUT2D eigenvalue weighted by atomic mass is 9.87. The summed E-state index contributed by atoms with van der Waals surface area (Å²) in [6.45, 7) is 6.32. The summed E-state index contributed by atoms with van der Waals surface area (Å²) in [5, 5.41) is 3.43. The van der Waals surface area contributed by atoms with E-state index in [0.29, 0.717) is 12.0 Å². The molecule has 0 saturated heterocycles. The highest BCUT2D eigenvalue weighted by Gasteiger charge is 2.26. The van der Waals surface area contributed by atoms with Gasteiger partial charge in [0.1, 0.15) is 0 Å². The summed E-state index contributed by atoms with van der Waals surface area (Å²) in [6, 6.07) is 8.41. The molecule has 1 aliphatic rings. The second-order valence-corrected chi connectivity index (χ2v) is 6.61. The van der Waals surface area contributed by atoms with Crippen molar-refractivity contribution in [2.75, 3.05) is 13.1 Å². The smallest absolute Gasteiger partial charge is 0.0963 e. The van der Waals surface area contributed by atoms with E-state index in [4.69, 9.17) is 4.74 Å². The summed E-state index contributed by atoms with van der Waals surface area (Å²) in [4.78, 5) is 0. The van der Waals surface area contributed by atoms with E-state index < -0.39 is 0 Å². The monoisotopic (exact) mass is 339 g/mol. The Kier molecular flexibility index (Phi) is 6.53. The molecule has 1 N–H and O–H groups in total. The number of likely N-dealkylation sites (N-methyl/N-ethyl adjacent to an activating group) is 1. The highest BCUT2D eigenvalue weighted by molar-refractivity contribution is 9.10. The molecule has 20 heavy (non-hydrogen) atoms. The summed E-state index contributed by atoms with van der Waals surface area (Å²) in [7, 11) is 0. The quantitative estimate of drug-likeness (QED) is 0.811. The zero-order chi connectivity index (χ0) is 14.4. The minimum absolute atomic E-state index is 0.135. The van der Waals surface area contributed by atoms with E-state index in [-0.39, 0.29) is 6.10 Å². The van der Waals surface area contributed by atoms with Crippen LogP contribution >= 0.6 is 15.9 Å². The van der Waals surface area contributed by atoms with Gasteiger partial charge < -0.3 is 10.1 Å². The van der Waals surface area contributed by atoms with Crippen LogP contribution in [0, 0.1) is 5.92 Å². The second kappa shape index (κ2) is 8.16. The predicted octanol–water partition coefficient (Wildman–Crippen LogP) is 4.70. The van der Waals surface area contributed by atoms with E-state index in [1.807, 2.05) is 0 Å². The fraction of sp³-hybridized carbons (Fsp3) is 0.647. The topological polar surface area (TPSA) is 21.3 Å². The van der Waals surface area contributed by atoms with E-state index in [0.717, 1.165) is 17.6 Å². The maximum Gasteiger partial charge on any atom is 0.0963 e. The standard InChI is InChI=1S/C17H26BrNO/c1-3-19-12-17(14-9-5-6-10-15(14)18)20-16-11-7-4-8-13(16)2/h5-6,9-10,13,16-17,19H,3-4,7-8,11-12H2,1-2H3. The lowest BCUT2D eigenvalue weighted by molar-refractivity contribution is -0.0565. The minimum atomic E-state index is 0.135. The normalized spacial score (nSPS) is 24.6. The maximum atomic E-state index is 6.48. The average molecular weight is 340 g/mol. The van der Waals surface area contributed by atoms with Gasteiger partial charge in [0.05, 0.1) is 12.2 Å². The Morgan fingerprint density at radius 3 is 2.75 bits per heavy atom. The number of hydrogen-bond acceptors (Lipinski definition) is 2. The highest BCUT2D eigenvalue weighted by atomic mass is 79.9. The number of hydrogen-bond donors (Lipinski definition) is 1. The highest BCUT2D eigenvalue weighted by Crippen LogP contribution is 2.33. The van der Waals surface area contributed by atoms with Crippen LogP contribution in [0.4, 0.5) is 0 Å². The van der Waals surface area contributed by atoms with E-state index in [2.05, 4.69) is 59.4 Å². The molecule has 0 bridgehead atoms. The summed E-state index contributed by atoms with van der Waals surface area (Å²) in [5.74, 6) is 0.676. The third kappa shape index (κ3) is 4.31. The fourth-order valence-corrected chi connectivity index (χ4v) is 3.48. The Morgan fingerprint density at radius 2 is 2.05 bits per heavy atom. The first-order valence-electron chi connectivity index (χ1n) is 7.83. The van der Waals surface area contributed by atoms with Gasteiger partial charge in [-0.25, -0.2) is 0 Å². The van der Waals surface area contributed by atoms with Crippen molar-refractivity contribution in [3.05, 3.63) is 34.3 Å². The van der Waals surface area contributed by atoms with Gasteiger partial charge >= 0.3 is 0 Å². The first kappa shape index (κ1) is 16.0. The molecule has 0 spiro atoms. The van der Waals surface area contributed by atoms with Gasteiger partial charge in [0.25, 0.3) is 0 Å². The Balaban J connectivity index is 2.09. The molecule has 1 fully saturated rings. The molecule has 1 aromatic carbocycles. The molecule has 112 valence electrons. The van der Waals surface area contributed by atoms with Gasteiger partial charge in [-0.1, -0.05) is 60.8 Å². The van der Waals surface area contributed by atoms with Crippen molar-refractivity contribution in [1.29, 1.82) is 0 Å². The van der Waals surface area contributed by atoms with Crippen LogP contribution in [0.1, 0.15) is 51.2 Å². The van der Waals surface area contributed by atoms with Crippen molar-refractivity contribution < 1.29 is 4.74 Å². The molecule has 0 aliphatic heterocycles. The molecule has 0 heterocycles. The van der Waals surface area contributed by atoms with Crippen molar-refractivity contribution in [1.82, 2.24) is 5.32 Å². The van der Waals surface area contributed by atoms with Crippen LogP contribution in [-0.2, 0) is 4.74 Å². The first-order chi connectivity index (χ1) is 9.72. The van der Waals surface area contributed by atoms with Gasteiger partial charge in [0.15, 0.2) is 0 Å². The number of rotatable bonds is 6. The van der Waals surface area contributed by atoms with Crippen molar-refractivity contribution >= 4 is 15.9 Å². The molecule has 3 unspecified atom stereocenters. The van der Waals surface area contributed by atoms with Gasteiger partial charge in [-0.3, -0.25) is 0 Å². The van der Waals surface area contributed by atoms with Gasteiger partial charge in [-0.15, -0.1) is 0 Å². The van der Waals surface area contributed by atoms with Crippen LogP contribution in [0.5, 0.6) is 0 Å². The minimum Gasteiger partial charge on any atom is -0.369 e. The molecular formula is C17H26BrNO. The maximum absolute atomic E-state index is 6.48. The van der Waals surface area contributed by atoms with E-state index in [1.54, 1.807) is 0 Å². The zero-order valence-corrected chi connectivity index (χ0v) is 14.2. The zero-order valence-electron chi connectivity index (χ0n) is 12.6. The molecule has 1 aliphatic carbocycles. The SMILES string of the molecule is CCNCC(OC1CCCCC1C)c1ccccc1Br. The third-order valence-corrected chi connectivity index (χ3v) is 4.93. The van der Waals surface area contributed by atoms with Gasteiger partial charge in [0, 0.05) is 11.0 Å². The summed E-state index contributed by atoms with van der Waals surface area (Å²) in [6.07, 6.45) is 5.70. The molecule has 2 nitrogen and oxygen atoms in total. The lowest BCUT2D eigenvalue weighted by Crippen LogP contribution is -2.31. The number of benzene rings is 1. The molecule has 0 radical (unpaired) electrons. The number of ether oxygens (including phenoxy) is 1. The number of nitrogens with one attached hydrogen (secondary N) is 1. The van der Waals surface area contributed by atoms with Gasteiger partial charge in [-0.05, 0) is 36.9 Å². The summed E-state index contributed by atoms with van der Waals surface area (Å²) in [5.41, 5.74) is 1.26. The Morgan fingerprint density at radius 1 is 1.30 bits per heavy atom. The fourth-order valence-electron chi connectivity index (χ4n) is 2.94. The van der Waals surface area contributed by atoms with Crippen LogP contribution in [0.2, 0.25) is 0 Å². The molecule has 3 heteroatoms. The van der Waals surface area contributed by atoms with Crippen LogP contribution < -0.4 is 5.32 Å². The molecule has 2 rings (SSSR count). The second-order valence-electron chi connectivity index (χ2n) is 5.75. The van der Waals surface area contributed by atoms with Crippen LogP contribution in [0.25, 0.3) is 0 Å². The molecule has 0 amide bonds. The molecule has 1 aromatic rings. The van der Waals surface area contributed by atoms with Crippen LogP contribution in [0.3, 0.4) is 0 Å². The molecule has 3 atom stereocenters. The van der Waals surface area contributed by atoms with E-state index in [1.165, 1.54) is 31.2 Å². The Hall–Kier alpha value is -0.380. The molecular weight excluding hydrogens is 314 g/mol. The Labute approximate surface area is 131 Å². The van der Waals surface area contributed by atoms with Crippen molar-refractivity contribution in [2.24, 2.45) is 5.92 Å². The van der Waals surface area contributed by atoms with Crippen molar-refractivity contribution in [3.8, 4) is 0 Å².